The third-order valence-corrected chi connectivity index (χ3v) is 6.35. The van der Waals surface area contributed by atoms with Crippen LogP contribution < -0.4 is 14.2 Å². The normalized spacial score (nSPS) is 18.6. The van der Waals surface area contributed by atoms with E-state index in [9.17, 15) is 10.1 Å². The van der Waals surface area contributed by atoms with E-state index in [-0.39, 0.29) is 11.7 Å². The molecular formula is C24H20BrN3O5. The molecule has 0 aliphatic carbocycles. The second kappa shape index (κ2) is 8.40. The third-order valence-electron chi connectivity index (χ3n) is 5.86. The van der Waals surface area contributed by atoms with Gasteiger partial charge in [-0.05, 0) is 48.5 Å². The lowest BCUT2D eigenvalue weighted by atomic mass is 9.95. The summed E-state index contributed by atoms with van der Waals surface area (Å²) < 4.78 is 18.1. The molecule has 0 radical (unpaired) electrons. The summed E-state index contributed by atoms with van der Waals surface area (Å²) in [5, 5.41) is 17.9. The topological polar surface area (TPSA) is 86.4 Å². The number of non-ortho nitro benzene ring substituents is 1. The summed E-state index contributed by atoms with van der Waals surface area (Å²) in [7, 11) is 3.21. The molecule has 2 heterocycles. The summed E-state index contributed by atoms with van der Waals surface area (Å²) in [5.41, 5.74) is 3.68. The molecule has 9 heteroatoms. The monoisotopic (exact) mass is 509 g/mol. The molecule has 2 aliphatic heterocycles. The summed E-state index contributed by atoms with van der Waals surface area (Å²) in [5.74, 6) is 2.05. The maximum absolute atomic E-state index is 11.1. The van der Waals surface area contributed by atoms with E-state index in [0.717, 1.165) is 32.6 Å². The molecule has 2 aliphatic rings. The Bertz CT molecular complexity index is 1260. The van der Waals surface area contributed by atoms with Gasteiger partial charge in [-0.25, -0.2) is 5.01 Å². The van der Waals surface area contributed by atoms with Crippen molar-refractivity contribution in [2.75, 3.05) is 14.2 Å². The minimum absolute atomic E-state index is 0.0337. The van der Waals surface area contributed by atoms with Crippen molar-refractivity contribution in [3.8, 4) is 17.2 Å². The second-order valence-corrected chi connectivity index (χ2v) is 8.63. The number of halogens is 1. The molecular weight excluding hydrogens is 490 g/mol. The van der Waals surface area contributed by atoms with Crippen LogP contribution in [-0.2, 0) is 0 Å². The first kappa shape index (κ1) is 21.3. The average molecular weight is 510 g/mol. The van der Waals surface area contributed by atoms with E-state index in [4.69, 9.17) is 19.3 Å². The van der Waals surface area contributed by atoms with Crippen molar-refractivity contribution < 1.29 is 19.1 Å². The van der Waals surface area contributed by atoms with E-state index >= 15 is 0 Å². The number of methoxy groups -OCH3 is 2. The van der Waals surface area contributed by atoms with Crippen LogP contribution >= 0.6 is 15.9 Å². The largest absolute Gasteiger partial charge is 0.493 e. The zero-order valence-corrected chi connectivity index (χ0v) is 19.5. The highest BCUT2D eigenvalue weighted by Gasteiger charge is 2.41. The Morgan fingerprint density at radius 2 is 1.82 bits per heavy atom. The first-order valence-electron chi connectivity index (χ1n) is 10.3. The van der Waals surface area contributed by atoms with Gasteiger partial charge in [0.25, 0.3) is 5.69 Å². The van der Waals surface area contributed by atoms with Gasteiger partial charge in [-0.1, -0.05) is 15.9 Å². The maximum Gasteiger partial charge on any atom is 0.269 e. The number of nitro groups is 1. The average Bonchev–Trinajstić information content (AvgIpc) is 3.29. The number of nitro benzene ring substituents is 1. The zero-order chi connectivity index (χ0) is 23.1. The summed E-state index contributed by atoms with van der Waals surface area (Å²) in [4.78, 5) is 10.7. The molecule has 8 nitrogen and oxygen atoms in total. The Hall–Kier alpha value is -3.59. The van der Waals surface area contributed by atoms with Crippen LogP contribution in [0.25, 0.3) is 0 Å². The predicted octanol–water partition coefficient (Wildman–Crippen LogP) is 5.62. The standard InChI is InChI=1S/C24H20BrN3O5/c1-31-22-9-5-15(11-23(22)32-2)19-13-20-18-12-16(25)6-10-21(18)33-24(27(20)26-19)14-3-7-17(8-4-14)28(29)30/h3-12,20,24H,13H2,1-2H3/t20-,24-/m1/s1. The highest BCUT2D eigenvalue weighted by atomic mass is 79.9. The first-order valence-corrected chi connectivity index (χ1v) is 11.1. The van der Waals surface area contributed by atoms with Crippen LogP contribution in [0, 0.1) is 10.1 Å². The Morgan fingerprint density at radius 1 is 1.06 bits per heavy atom. The minimum atomic E-state index is -0.512. The highest BCUT2D eigenvalue weighted by Crippen LogP contribution is 2.48. The lowest BCUT2D eigenvalue weighted by Crippen LogP contribution is -2.33. The first-order chi connectivity index (χ1) is 16.0. The molecule has 3 aromatic carbocycles. The number of rotatable bonds is 5. The summed E-state index contributed by atoms with van der Waals surface area (Å²) in [6.45, 7) is 0. The Balaban J connectivity index is 1.57. The molecule has 0 spiro atoms. The smallest absolute Gasteiger partial charge is 0.269 e. The van der Waals surface area contributed by atoms with E-state index in [1.807, 2.05) is 41.4 Å². The van der Waals surface area contributed by atoms with Gasteiger partial charge in [0.2, 0.25) is 6.23 Å². The maximum atomic E-state index is 11.1. The summed E-state index contributed by atoms with van der Waals surface area (Å²) in [6, 6.07) is 18.0. The van der Waals surface area contributed by atoms with Gasteiger partial charge in [-0.2, -0.15) is 5.10 Å². The second-order valence-electron chi connectivity index (χ2n) is 7.72. The molecule has 2 atom stereocenters. The lowest BCUT2D eigenvalue weighted by molar-refractivity contribution is -0.384. The van der Waals surface area contributed by atoms with Gasteiger partial charge < -0.3 is 14.2 Å². The minimum Gasteiger partial charge on any atom is -0.493 e. The predicted molar refractivity (Wildman–Crippen MR) is 126 cm³/mol. The fourth-order valence-electron chi connectivity index (χ4n) is 4.23. The van der Waals surface area contributed by atoms with Crippen molar-refractivity contribution in [1.29, 1.82) is 0 Å². The van der Waals surface area contributed by atoms with E-state index in [2.05, 4.69) is 15.9 Å². The van der Waals surface area contributed by atoms with Crippen molar-refractivity contribution in [2.24, 2.45) is 5.10 Å². The number of hydrogen-bond donors (Lipinski definition) is 0. The summed E-state index contributed by atoms with van der Waals surface area (Å²) >= 11 is 3.56. The molecule has 0 aromatic heterocycles. The highest BCUT2D eigenvalue weighted by molar-refractivity contribution is 9.10. The molecule has 0 unspecified atom stereocenters. The molecule has 0 fully saturated rings. The number of hydrogen-bond acceptors (Lipinski definition) is 7. The third kappa shape index (κ3) is 3.78. The molecule has 5 rings (SSSR count). The van der Waals surface area contributed by atoms with Crippen LogP contribution in [0.15, 0.2) is 70.2 Å². The fourth-order valence-corrected chi connectivity index (χ4v) is 4.61. The lowest BCUT2D eigenvalue weighted by Gasteiger charge is -2.38. The molecule has 0 N–H and O–H groups in total. The van der Waals surface area contributed by atoms with E-state index in [1.54, 1.807) is 26.4 Å². The molecule has 168 valence electrons. The molecule has 0 saturated carbocycles. The van der Waals surface area contributed by atoms with Crippen molar-refractivity contribution in [3.05, 3.63) is 91.9 Å². The van der Waals surface area contributed by atoms with Crippen LogP contribution in [0.4, 0.5) is 5.69 Å². The molecule has 0 saturated heterocycles. The van der Waals surface area contributed by atoms with Crippen molar-refractivity contribution in [2.45, 2.75) is 18.7 Å². The number of fused-ring (bicyclic) bond motifs is 3. The number of ether oxygens (including phenoxy) is 3. The Morgan fingerprint density at radius 3 is 2.52 bits per heavy atom. The molecule has 0 amide bonds. The van der Waals surface area contributed by atoms with Gasteiger partial charge in [0.1, 0.15) is 5.75 Å². The number of nitrogens with zero attached hydrogens (tertiary/aromatic N) is 3. The van der Waals surface area contributed by atoms with Crippen molar-refractivity contribution >= 4 is 27.3 Å². The van der Waals surface area contributed by atoms with Crippen molar-refractivity contribution in [3.63, 3.8) is 0 Å². The fraction of sp³-hybridized carbons (Fsp3) is 0.208. The van der Waals surface area contributed by atoms with E-state index in [0.29, 0.717) is 17.9 Å². The van der Waals surface area contributed by atoms with E-state index in [1.165, 1.54) is 12.1 Å². The molecule has 3 aromatic rings. The Kier molecular flexibility index (Phi) is 5.41. The van der Waals surface area contributed by atoms with Crippen LogP contribution in [0.2, 0.25) is 0 Å². The quantitative estimate of drug-likeness (QED) is 0.327. The van der Waals surface area contributed by atoms with Gasteiger partial charge in [-0.15, -0.1) is 0 Å². The number of benzene rings is 3. The van der Waals surface area contributed by atoms with Crippen LogP contribution in [-0.4, -0.2) is 29.9 Å². The van der Waals surface area contributed by atoms with Crippen LogP contribution in [0.3, 0.4) is 0 Å². The number of hydrazone groups is 1. The Labute approximate surface area is 198 Å². The van der Waals surface area contributed by atoms with Crippen LogP contribution in [0.5, 0.6) is 17.2 Å². The van der Waals surface area contributed by atoms with Gasteiger partial charge in [0.15, 0.2) is 11.5 Å². The van der Waals surface area contributed by atoms with Crippen LogP contribution in [0.1, 0.15) is 35.4 Å². The zero-order valence-electron chi connectivity index (χ0n) is 17.9. The molecule has 0 bridgehead atoms. The molecule has 33 heavy (non-hydrogen) atoms. The van der Waals surface area contributed by atoms with Gasteiger partial charge in [0.05, 0.1) is 30.9 Å². The summed E-state index contributed by atoms with van der Waals surface area (Å²) in [6.07, 6.45) is 0.160. The van der Waals surface area contributed by atoms with E-state index < -0.39 is 11.2 Å². The van der Waals surface area contributed by atoms with Gasteiger partial charge in [0, 0.05) is 39.7 Å². The van der Waals surface area contributed by atoms with Gasteiger partial charge >= 0.3 is 0 Å². The SMILES string of the molecule is COc1ccc(C2=NN3[C@H](C2)c2cc(Br)ccc2O[C@@H]3c2ccc([N+](=O)[O-])cc2)cc1OC. The van der Waals surface area contributed by atoms with Gasteiger partial charge in [-0.3, -0.25) is 10.1 Å². The van der Waals surface area contributed by atoms with Crippen molar-refractivity contribution in [1.82, 2.24) is 5.01 Å².